The second-order valence-corrected chi connectivity index (χ2v) is 5.89. The molecule has 3 rings (SSSR count). The zero-order chi connectivity index (χ0) is 15.5. The van der Waals surface area contributed by atoms with Gasteiger partial charge in [-0.15, -0.1) is 0 Å². The van der Waals surface area contributed by atoms with E-state index in [1.54, 1.807) is 0 Å². The number of nitrogens with zero attached hydrogens (tertiary/aromatic N) is 1. The van der Waals surface area contributed by atoms with E-state index in [0.29, 0.717) is 6.54 Å². The van der Waals surface area contributed by atoms with Gasteiger partial charge >= 0.3 is 0 Å². The Bertz CT molecular complexity index is 822. The molecule has 0 heterocycles. The van der Waals surface area contributed by atoms with Crippen LogP contribution in [0.3, 0.4) is 0 Å². The molecule has 0 bridgehead atoms. The number of carbonyl (C=O) groups excluding carboxylic acids is 1. The van der Waals surface area contributed by atoms with Crippen LogP contribution in [0, 0.1) is 0 Å². The maximum atomic E-state index is 12.6. The predicted octanol–water partition coefficient (Wildman–Crippen LogP) is 4.52. The third kappa shape index (κ3) is 2.88. The number of carbonyl (C=O) groups is 1. The van der Waals surface area contributed by atoms with Crippen molar-refractivity contribution < 1.29 is 4.79 Å². The van der Waals surface area contributed by atoms with Crippen molar-refractivity contribution in [2.75, 3.05) is 20.1 Å². The first-order valence-corrected chi connectivity index (χ1v) is 7.82. The summed E-state index contributed by atoms with van der Waals surface area (Å²) in [7, 11) is 2.00. The fourth-order valence-corrected chi connectivity index (χ4v) is 3.00. The maximum absolute atomic E-state index is 12.6. The van der Waals surface area contributed by atoms with E-state index in [1.807, 2.05) is 31.3 Å². The zero-order valence-corrected chi connectivity index (χ0v) is 13.2. The van der Waals surface area contributed by atoms with Gasteiger partial charge in [0.1, 0.15) is 0 Å². The Morgan fingerprint density at radius 1 is 0.955 bits per heavy atom. The number of ketones is 1. The van der Waals surface area contributed by atoms with Crippen molar-refractivity contribution in [3.05, 3.63) is 60.2 Å². The number of benzene rings is 3. The van der Waals surface area contributed by atoms with Crippen molar-refractivity contribution in [2.45, 2.75) is 13.3 Å². The molecule has 0 unspecified atom stereocenters. The highest BCUT2D eigenvalue weighted by molar-refractivity contribution is 6.12. The van der Waals surface area contributed by atoms with Crippen molar-refractivity contribution in [1.29, 1.82) is 0 Å². The average Bonchev–Trinajstić information content (AvgIpc) is 2.52. The normalized spacial score (nSPS) is 11.4. The van der Waals surface area contributed by atoms with Gasteiger partial charge in [-0.05, 0) is 53.7 Å². The van der Waals surface area contributed by atoms with Crippen LogP contribution >= 0.6 is 0 Å². The van der Waals surface area contributed by atoms with Gasteiger partial charge in [0.2, 0.25) is 0 Å². The summed E-state index contributed by atoms with van der Waals surface area (Å²) in [6.07, 6.45) is 1.06. The lowest BCUT2D eigenvalue weighted by atomic mass is 9.97. The van der Waals surface area contributed by atoms with E-state index in [0.717, 1.165) is 29.3 Å². The third-order valence-electron chi connectivity index (χ3n) is 4.07. The van der Waals surface area contributed by atoms with Gasteiger partial charge < -0.3 is 0 Å². The summed E-state index contributed by atoms with van der Waals surface area (Å²) in [6, 6.07) is 18.6. The molecule has 0 aliphatic heterocycles. The summed E-state index contributed by atoms with van der Waals surface area (Å²) in [6.45, 7) is 3.55. The standard InChI is InChI=1S/C20H21NO/c1-3-11-21(2)14-20(22)18-10-6-9-17-12-15-7-4-5-8-16(15)13-19(17)18/h4-10,12-13H,3,11,14H2,1-2H3. The molecule has 0 radical (unpaired) electrons. The fourth-order valence-electron chi connectivity index (χ4n) is 3.00. The Hall–Kier alpha value is -2.19. The molecule has 0 aliphatic rings. The summed E-state index contributed by atoms with van der Waals surface area (Å²) < 4.78 is 0. The molecule has 0 saturated carbocycles. The van der Waals surface area contributed by atoms with E-state index in [-0.39, 0.29) is 5.78 Å². The Morgan fingerprint density at radius 2 is 1.64 bits per heavy atom. The topological polar surface area (TPSA) is 20.3 Å². The molecule has 2 nitrogen and oxygen atoms in total. The summed E-state index contributed by atoms with van der Waals surface area (Å²) in [5.74, 6) is 0.192. The van der Waals surface area contributed by atoms with E-state index in [1.165, 1.54) is 10.8 Å². The van der Waals surface area contributed by atoms with Crippen LogP contribution in [0.2, 0.25) is 0 Å². The molecule has 0 atom stereocenters. The van der Waals surface area contributed by atoms with Crippen molar-refractivity contribution in [1.82, 2.24) is 4.90 Å². The third-order valence-corrected chi connectivity index (χ3v) is 4.07. The van der Waals surface area contributed by atoms with Crippen LogP contribution in [0.5, 0.6) is 0 Å². The summed E-state index contributed by atoms with van der Waals surface area (Å²) in [5.41, 5.74) is 0.825. The quantitative estimate of drug-likeness (QED) is 0.509. The van der Waals surface area contributed by atoms with E-state index in [9.17, 15) is 4.79 Å². The lowest BCUT2D eigenvalue weighted by Crippen LogP contribution is -2.26. The van der Waals surface area contributed by atoms with Crippen LogP contribution in [0.25, 0.3) is 21.5 Å². The highest BCUT2D eigenvalue weighted by Crippen LogP contribution is 2.25. The highest BCUT2D eigenvalue weighted by Gasteiger charge is 2.12. The van der Waals surface area contributed by atoms with Crippen molar-refractivity contribution in [2.24, 2.45) is 0 Å². The zero-order valence-electron chi connectivity index (χ0n) is 13.2. The first kappa shape index (κ1) is 14.7. The molecule has 0 aliphatic carbocycles. The molecule has 3 aromatic carbocycles. The van der Waals surface area contributed by atoms with E-state index >= 15 is 0 Å². The van der Waals surface area contributed by atoms with Gasteiger partial charge in [-0.2, -0.15) is 0 Å². The minimum absolute atomic E-state index is 0.192. The molecule has 0 saturated heterocycles. The number of rotatable bonds is 5. The van der Waals surface area contributed by atoms with E-state index in [4.69, 9.17) is 0 Å². The molecule has 0 aromatic heterocycles. The molecule has 3 aromatic rings. The van der Waals surface area contributed by atoms with Crippen LogP contribution in [-0.4, -0.2) is 30.8 Å². The van der Waals surface area contributed by atoms with E-state index < -0.39 is 0 Å². The minimum Gasteiger partial charge on any atom is -0.299 e. The monoisotopic (exact) mass is 291 g/mol. The number of hydrogen-bond donors (Lipinski definition) is 0. The number of Topliss-reactive ketones (excluding diaryl/α,β-unsaturated/α-hetero) is 1. The summed E-state index contributed by atoms with van der Waals surface area (Å²) in [4.78, 5) is 14.7. The second kappa shape index (κ2) is 6.29. The molecular formula is C20H21NO. The van der Waals surface area contributed by atoms with Crippen molar-refractivity contribution >= 4 is 27.3 Å². The van der Waals surface area contributed by atoms with Crippen LogP contribution in [0.4, 0.5) is 0 Å². The lowest BCUT2D eigenvalue weighted by molar-refractivity contribution is 0.0948. The minimum atomic E-state index is 0.192. The Balaban J connectivity index is 2.05. The van der Waals surface area contributed by atoms with Crippen LogP contribution < -0.4 is 0 Å². The van der Waals surface area contributed by atoms with Gasteiger partial charge in [0.05, 0.1) is 6.54 Å². The van der Waals surface area contributed by atoms with Gasteiger partial charge in [0.15, 0.2) is 5.78 Å². The molecule has 22 heavy (non-hydrogen) atoms. The van der Waals surface area contributed by atoms with Crippen LogP contribution in [0.15, 0.2) is 54.6 Å². The van der Waals surface area contributed by atoms with E-state index in [2.05, 4.69) is 42.2 Å². The first-order chi connectivity index (χ1) is 10.7. The highest BCUT2D eigenvalue weighted by atomic mass is 16.1. The van der Waals surface area contributed by atoms with Gasteiger partial charge in [-0.3, -0.25) is 9.69 Å². The first-order valence-electron chi connectivity index (χ1n) is 7.82. The average molecular weight is 291 g/mol. The molecule has 112 valence electrons. The summed E-state index contributed by atoms with van der Waals surface area (Å²) in [5, 5.41) is 4.57. The van der Waals surface area contributed by atoms with Gasteiger partial charge in [-0.1, -0.05) is 49.4 Å². The molecule has 0 amide bonds. The largest absolute Gasteiger partial charge is 0.299 e. The number of fused-ring (bicyclic) bond motifs is 2. The number of likely N-dealkylation sites (N-methyl/N-ethyl adjacent to an activating group) is 1. The Labute approximate surface area is 131 Å². The second-order valence-electron chi connectivity index (χ2n) is 5.89. The molecular weight excluding hydrogens is 270 g/mol. The van der Waals surface area contributed by atoms with Crippen LogP contribution in [-0.2, 0) is 0 Å². The molecule has 2 heteroatoms. The Kier molecular flexibility index (Phi) is 4.21. The van der Waals surface area contributed by atoms with Gasteiger partial charge in [0.25, 0.3) is 0 Å². The fraction of sp³-hybridized carbons (Fsp3) is 0.250. The lowest BCUT2D eigenvalue weighted by Gasteiger charge is -2.15. The molecule has 0 spiro atoms. The van der Waals surface area contributed by atoms with Gasteiger partial charge in [-0.25, -0.2) is 0 Å². The Morgan fingerprint density at radius 3 is 2.36 bits per heavy atom. The predicted molar refractivity (Wildman–Crippen MR) is 93.6 cm³/mol. The van der Waals surface area contributed by atoms with Crippen LogP contribution in [0.1, 0.15) is 23.7 Å². The molecule has 0 fully saturated rings. The van der Waals surface area contributed by atoms with Gasteiger partial charge in [0, 0.05) is 5.56 Å². The van der Waals surface area contributed by atoms with Crippen molar-refractivity contribution in [3.8, 4) is 0 Å². The smallest absolute Gasteiger partial charge is 0.177 e. The summed E-state index contributed by atoms with van der Waals surface area (Å²) >= 11 is 0. The van der Waals surface area contributed by atoms with Crippen molar-refractivity contribution in [3.63, 3.8) is 0 Å². The SMILES string of the molecule is CCCN(C)CC(=O)c1cccc2cc3ccccc3cc12. The number of hydrogen-bond acceptors (Lipinski definition) is 2. The molecule has 0 N–H and O–H groups in total. The maximum Gasteiger partial charge on any atom is 0.177 e.